The number of hydrogen-bond acceptors (Lipinski definition) is 0. The molecule has 0 aliphatic heterocycles. The van der Waals surface area contributed by atoms with Gasteiger partial charge < -0.3 is 5.48 Å². The second-order valence-electron chi connectivity index (χ2n) is 1.22. The molecule has 1 radical (unpaired) electrons. The molecule has 9 heavy (non-hydrogen) atoms. The van der Waals surface area contributed by atoms with Gasteiger partial charge in [-0.05, 0) is 0 Å². The van der Waals surface area contributed by atoms with Gasteiger partial charge in [-0.15, -0.1) is 12.1 Å². The molecule has 1 nitrogen and oxygen atoms in total. The summed E-state index contributed by atoms with van der Waals surface area (Å²) >= 11 is 0. The predicted molar refractivity (Wildman–Crippen MR) is 28.8 cm³/mol. The van der Waals surface area contributed by atoms with Gasteiger partial charge >= 0.3 is 0 Å². The zero-order valence-electron chi connectivity index (χ0n) is 4.76. The summed E-state index contributed by atoms with van der Waals surface area (Å²) < 4.78 is 11.9. The van der Waals surface area contributed by atoms with Gasteiger partial charge in [0.15, 0.2) is 0 Å². The van der Waals surface area contributed by atoms with Crippen molar-refractivity contribution in [3.63, 3.8) is 0 Å². The van der Waals surface area contributed by atoms with Crippen molar-refractivity contribution in [1.82, 2.24) is 0 Å². The normalized spacial score (nSPS) is 6.78. The maximum Gasteiger partial charge on any atom is 0.00871 e. The average molecular weight is 202 g/mol. The largest absolute Gasteiger partial charge is 0.412 e. The van der Waals surface area contributed by atoms with Crippen LogP contribution in [0.15, 0.2) is 24.3 Å². The van der Waals surface area contributed by atoms with Crippen molar-refractivity contribution >= 4 is 0 Å². The van der Waals surface area contributed by atoms with E-state index in [0.29, 0.717) is 0 Å². The molecule has 0 bridgehead atoms. The molecule has 0 spiro atoms. The first-order valence-electron chi connectivity index (χ1n) is 2.01. The fourth-order valence-electron chi connectivity index (χ4n) is 0.371. The van der Waals surface area contributed by atoms with Crippen molar-refractivity contribution in [1.29, 1.82) is 0 Å². The minimum absolute atomic E-state index is 0. The summed E-state index contributed by atoms with van der Waals surface area (Å²) in [6.45, 7) is 0. The Morgan fingerprint density at radius 1 is 1.44 bits per heavy atom. The fourth-order valence-corrected chi connectivity index (χ4v) is 0.371. The molecule has 0 atom stereocenters. The zero-order chi connectivity index (χ0) is 5.11. The summed E-state index contributed by atoms with van der Waals surface area (Å²) in [5.74, 6) is -0.234. The van der Waals surface area contributed by atoms with Gasteiger partial charge in [0, 0.05) is 38.5 Å². The minimum atomic E-state index is -0.234. The van der Waals surface area contributed by atoms with Gasteiger partial charge in [-0.2, -0.15) is 18.2 Å². The summed E-state index contributed by atoms with van der Waals surface area (Å²) in [6, 6.07) is 8.53. The second-order valence-corrected chi connectivity index (χ2v) is 1.22. The molecule has 0 saturated heterocycles. The molecule has 1 aromatic rings. The third-order valence-electron chi connectivity index (χ3n) is 0.669. The quantitative estimate of drug-likeness (QED) is 0.557. The molecule has 0 saturated carbocycles. The minimum Gasteiger partial charge on any atom is -0.412 e. The van der Waals surface area contributed by atoms with Crippen LogP contribution in [0.2, 0.25) is 0 Å². The molecule has 0 aromatic heterocycles. The molecule has 1 rings (SSSR count). The molecule has 0 amide bonds. The van der Waals surface area contributed by atoms with E-state index < -0.39 is 0 Å². The number of halogens is 1. The van der Waals surface area contributed by atoms with Crippen molar-refractivity contribution in [2.75, 3.05) is 0 Å². The van der Waals surface area contributed by atoms with E-state index in [1.165, 1.54) is 12.1 Å². The Balaban J connectivity index is 0. The van der Waals surface area contributed by atoms with Crippen molar-refractivity contribution in [3.05, 3.63) is 36.1 Å². The van der Waals surface area contributed by atoms with E-state index in [0.717, 1.165) is 0 Å². The van der Waals surface area contributed by atoms with Crippen LogP contribution in [0.4, 0.5) is 4.39 Å². The summed E-state index contributed by atoms with van der Waals surface area (Å²) in [6.07, 6.45) is 0. The van der Waals surface area contributed by atoms with Gasteiger partial charge in [0.1, 0.15) is 0 Å². The topological polar surface area (TPSA) is 31.5 Å². The predicted octanol–water partition coefficient (Wildman–Crippen LogP) is 0.799. The van der Waals surface area contributed by atoms with E-state index in [1.807, 2.05) is 0 Å². The van der Waals surface area contributed by atoms with Gasteiger partial charge in [0.25, 0.3) is 0 Å². The van der Waals surface area contributed by atoms with Crippen molar-refractivity contribution < 1.29 is 42.6 Å². The maximum atomic E-state index is 11.9. The zero-order valence-corrected chi connectivity index (χ0v) is 7.60. The first-order valence-corrected chi connectivity index (χ1v) is 2.01. The number of hydrogen-bond donors (Lipinski definition) is 0. The first kappa shape index (κ1) is 11.9. The molecule has 0 aliphatic carbocycles. The summed E-state index contributed by atoms with van der Waals surface area (Å²) in [7, 11) is 0. The molecule has 0 heterocycles. The molecule has 1 aromatic carbocycles. The summed E-state index contributed by atoms with van der Waals surface area (Å²) in [5, 5.41) is 0. The molecule has 47 valence electrons. The van der Waals surface area contributed by atoms with Gasteiger partial charge in [0.05, 0.1) is 0 Å². The van der Waals surface area contributed by atoms with E-state index in [9.17, 15) is 4.39 Å². The Labute approximate surface area is 78.5 Å². The Kier molecular flexibility index (Phi) is 8.41. The summed E-state index contributed by atoms with van der Waals surface area (Å²) in [4.78, 5) is 0. The van der Waals surface area contributed by atoms with E-state index in [4.69, 9.17) is 0 Å². The fraction of sp³-hybridized carbons (Fsp3) is 0. The van der Waals surface area contributed by atoms with Crippen LogP contribution in [0.5, 0.6) is 0 Å². The van der Waals surface area contributed by atoms with Crippen LogP contribution in [-0.2, 0) is 32.7 Å². The number of rotatable bonds is 0. The Morgan fingerprint density at radius 3 is 2.33 bits per heavy atom. The molecular formula is C6H6FOY-. The average Bonchev–Trinajstić information content (AvgIpc) is 1.69. The summed E-state index contributed by atoms with van der Waals surface area (Å²) in [5.41, 5.74) is 0. The Hall–Kier alpha value is 0.214. The molecule has 3 heteroatoms. The monoisotopic (exact) mass is 202 g/mol. The molecule has 0 fully saturated rings. The van der Waals surface area contributed by atoms with E-state index in [2.05, 4.69) is 6.07 Å². The third kappa shape index (κ3) is 4.70. The molecule has 0 aliphatic rings. The van der Waals surface area contributed by atoms with Gasteiger partial charge in [-0.25, -0.2) is 0 Å². The second kappa shape index (κ2) is 6.34. The van der Waals surface area contributed by atoms with E-state index >= 15 is 0 Å². The van der Waals surface area contributed by atoms with E-state index in [-0.39, 0.29) is 44.0 Å². The molecule has 2 N–H and O–H groups in total. The van der Waals surface area contributed by atoms with Gasteiger partial charge in [0.2, 0.25) is 0 Å². The van der Waals surface area contributed by atoms with Crippen molar-refractivity contribution in [2.24, 2.45) is 0 Å². The van der Waals surface area contributed by atoms with Crippen molar-refractivity contribution in [2.45, 2.75) is 0 Å². The molecular weight excluding hydrogens is 196 g/mol. The Morgan fingerprint density at radius 2 is 2.11 bits per heavy atom. The van der Waals surface area contributed by atoms with Gasteiger partial charge in [-0.3, -0.25) is 4.39 Å². The van der Waals surface area contributed by atoms with Crippen LogP contribution >= 0.6 is 0 Å². The van der Waals surface area contributed by atoms with Crippen LogP contribution in [0.25, 0.3) is 0 Å². The van der Waals surface area contributed by atoms with Crippen LogP contribution < -0.4 is 0 Å². The van der Waals surface area contributed by atoms with Crippen LogP contribution in [0, 0.1) is 11.9 Å². The maximum absolute atomic E-state index is 11.9. The van der Waals surface area contributed by atoms with Crippen LogP contribution in [0.3, 0.4) is 0 Å². The van der Waals surface area contributed by atoms with E-state index in [1.54, 1.807) is 12.1 Å². The first-order chi connectivity index (χ1) is 3.39. The standard InChI is InChI=1S/C6H4F.H2O.Y/c7-6-4-2-1-3-5-6;;/h1-2,4-5H;1H2;/q-1;;. The smallest absolute Gasteiger partial charge is 0.00871 e. The van der Waals surface area contributed by atoms with Crippen LogP contribution in [0.1, 0.15) is 0 Å². The molecule has 0 unspecified atom stereocenters. The van der Waals surface area contributed by atoms with Crippen molar-refractivity contribution in [3.8, 4) is 0 Å². The third-order valence-corrected chi connectivity index (χ3v) is 0.669. The van der Waals surface area contributed by atoms with Crippen LogP contribution in [-0.4, -0.2) is 5.48 Å². The SMILES string of the molecule is Fc1c[c-]ccc1.O.[Y]. The Bertz CT molecular complexity index is 143. The van der Waals surface area contributed by atoms with Gasteiger partial charge in [-0.1, -0.05) is 0 Å². The number of benzene rings is 1.